The number of benzene rings is 1. The van der Waals surface area contributed by atoms with Gasteiger partial charge < -0.3 is 18.6 Å². The van der Waals surface area contributed by atoms with E-state index in [9.17, 15) is 9.59 Å². The van der Waals surface area contributed by atoms with E-state index in [4.69, 9.17) is 33.7 Å². The number of aromatic nitrogens is 4. The van der Waals surface area contributed by atoms with Crippen molar-refractivity contribution in [2.75, 3.05) is 6.54 Å². The second-order valence-corrected chi connectivity index (χ2v) is 12.2. The molecular weight excluding hydrogens is 819 g/mol. The summed E-state index contributed by atoms with van der Waals surface area (Å²) in [6, 6.07) is 7.86. The Morgan fingerprint density at radius 2 is 1.23 bits per heavy atom. The zero-order chi connectivity index (χ0) is 36.0. The van der Waals surface area contributed by atoms with Crippen molar-refractivity contribution < 1.29 is 62.8 Å². The zero-order valence-electron chi connectivity index (χ0n) is 27.6. The summed E-state index contributed by atoms with van der Waals surface area (Å²) in [5.74, 6) is 5.67. The van der Waals surface area contributed by atoms with Crippen molar-refractivity contribution in [3.63, 3.8) is 0 Å². The minimum Gasteiger partial charge on any atom is 0 e. The van der Waals surface area contributed by atoms with Crippen LogP contribution in [0.1, 0.15) is 58.8 Å². The topological polar surface area (TPSA) is 196 Å². The molecule has 15 nitrogen and oxygen atoms in total. The van der Waals surface area contributed by atoms with Crippen LogP contribution in [0.4, 0.5) is 0 Å². The molecular formula is C31H40N6O9ReS. The average molecular weight is 859 g/mol. The molecule has 48 heavy (non-hydrogen) atoms. The molecule has 0 unspecified atom stereocenters. The van der Waals surface area contributed by atoms with Crippen molar-refractivity contribution in [2.45, 2.75) is 90.2 Å². The fourth-order valence-corrected chi connectivity index (χ4v) is 4.33. The molecule has 2 heterocycles. The molecule has 0 atom stereocenters. The van der Waals surface area contributed by atoms with E-state index >= 15 is 0 Å². The molecule has 0 saturated carbocycles. The Morgan fingerprint density at radius 3 is 1.60 bits per heavy atom. The third-order valence-electron chi connectivity index (χ3n) is 5.58. The normalized spacial score (nSPS) is 10.5. The fraction of sp³-hybridized carbons (Fsp3) is 0.452. The van der Waals surface area contributed by atoms with E-state index in [2.05, 4.69) is 39.8 Å². The second-order valence-electron chi connectivity index (χ2n) is 11.5. The molecule has 2 N–H and O–H groups in total. The smallest absolute Gasteiger partial charge is 0 e. The predicted octanol–water partition coefficient (Wildman–Crippen LogP) is 3.72. The minimum atomic E-state index is -0.577. The van der Waals surface area contributed by atoms with Gasteiger partial charge in [-0.2, -0.15) is 5.90 Å². The Labute approximate surface area is 298 Å². The summed E-state index contributed by atoms with van der Waals surface area (Å²) in [4.78, 5) is 41.2. The van der Waals surface area contributed by atoms with E-state index in [1.807, 2.05) is 65.8 Å². The van der Waals surface area contributed by atoms with Gasteiger partial charge >= 0.3 is 45.8 Å². The Morgan fingerprint density at radius 1 is 0.812 bits per heavy atom. The number of hydrogen-bond donors (Lipinski definition) is 1. The van der Waals surface area contributed by atoms with Gasteiger partial charge in [0.05, 0.1) is 25.1 Å². The Balaban J connectivity index is 0. The van der Waals surface area contributed by atoms with E-state index in [-0.39, 0.29) is 45.5 Å². The number of ether oxygens (including phenoxy) is 2. The van der Waals surface area contributed by atoms with Crippen molar-refractivity contribution in [2.24, 2.45) is 5.90 Å². The van der Waals surface area contributed by atoms with Gasteiger partial charge in [-0.25, -0.2) is 9.97 Å². The van der Waals surface area contributed by atoms with Crippen molar-refractivity contribution in [3.8, 4) is 0 Å². The van der Waals surface area contributed by atoms with Crippen LogP contribution in [-0.2, 0) is 95.4 Å². The molecule has 0 spiro atoms. The molecule has 261 valence electrons. The molecule has 17 heteroatoms. The van der Waals surface area contributed by atoms with Crippen molar-refractivity contribution in [1.82, 2.24) is 24.0 Å². The quantitative estimate of drug-likeness (QED) is 0.0620. The maximum atomic E-state index is 12.5. The molecule has 0 bridgehead atoms. The van der Waals surface area contributed by atoms with Gasteiger partial charge in [0.25, 0.3) is 0 Å². The van der Waals surface area contributed by atoms with Crippen LogP contribution in [0.5, 0.6) is 0 Å². The number of carbonyl (C=O) groups excluding carboxylic acids is 2. The van der Waals surface area contributed by atoms with E-state index in [0.717, 1.165) is 28.9 Å². The first-order valence-corrected chi connectivity index (χ1v) is 14.6. The third-order valence-corrected chi connectivity index (χ3v) is 6.19. The van der Waals surface area contributed by atoms with Crippen LogP contribution in [0.3, 0.4) is 0 Å². The summed E-state index contributed by atoms with van der Waals surface area (Å²) < 4.78 is 41.8. The Hall–Kier alpha value is -3.35. The Bertz CT molecular complexity index is 1330. The summed E-state index contributed by atoms with van der Waals surface area (Å²) in [6.07, 6.45) is 7.61. The summed E-state index contributed by atoms with van der Waals surface area (Å²) in [5, 5.41) is 0. The maximum Gasteiger partial charge on any atom is 0 e. The summed E-state index contributed by atoms with van der Waals surface area (Å²) in [6.45, 7) is 26.2. The van der Waals surface area contributed by atoms with Gasteiger partial charge in [0.1, 0.15) is 35.9 Å². The van der Waals surface area contributed by atoms with Crippen LogP contribution in [0.15, 0.2) is 53.9 Å². The molecule has 0 fully saturated rings. The first kappa shape index (κ1) is 46.8. The van der Waals surface area contributed by atoms with Crippen molar-refractivity contribution in [1.29, 1.82) is 0 Å². The number of imidazole rings is 2. The predicted molar refractivity (Wildman–Crippen MR) is 164 cm³/mol. The number of nitrogens with zero attached hydrogens (tertiary/aromatic N) is 5. The van der Waals surface area contributed by atoms with Crippen LogP contribution in [0, 0.1) is 20.0 Å². The molecule has 1 radical (unpaired) electrons. The number of rotatable bonds is 14. The minimum absolute atomic E-state index is 0. The van der Waals surface area contributed by atoms with E-state index < -0.39 is 11.2 Å². The third kappa shape index (κ3) is 19.5. The standard InChI is InChI=1S/C28H40N6O6S.3CO.Re/c1-27(2,3)37-25(35)19-33-15-12-30-23(33)17-32(14-11-21-7-9-22(10-8-21)41-40-39-29)18-24-31-13-16-34(24)20-26(36)38-28(4,5)6;3*1-2;/h7-10,12-13,15-16H,11,14,17-20,29H2,1-6H3;;;;. The molecule has 2 aromatic heterocycles. The van der Waals surface area contributed by atoms with Gasteiger partial charge in [-0.1, -0.05) is 12.1 Å². The molecule has 0 aliphatic carbocycles. The van der Waals surface area contributed by atoms with Gasteiger partial charge in [-0.05, 0) is 65.7 Å². The van der Waals surface area contributed by atoms with Crippen LogP contribution < -0.4 is 5.90 Å². The number of esters is 2. The van der Waals surface area contributed by atoms with Crippen LogP contribution in [-0.4, -0.2) is 53.7 Å². The first-order chi connectivity index (χ1) is 22.3. The molecule has 1 aromatic carbocycles. The fourth-order valence-electron chi connectivity index (χ4n) is 3.97. The van der Waals surface area contributed by atoms with Crippen molar-refractivity contribution >= 4 is 24.0 Å². The summed E-state index contributed by atoms with van der Waals surface area (Å²) >= 11 is 1.02. The number of nitrogens with two attached hydrogens (primary N) is 1. The molecule has 0 amide bonds. The van der Waals surface area contributed by atoms with Gasteiger partial charge in [0, 0.05) is 56.7 Å². The molecule has 0 aliphatic rings. The van der Waals surface area contributed by atoms with Gasteiger partial charge in [-0.3, -0.25) is 14.5 Å². The number of hydrogen-bond acceptors (Lipinski definition) is 11. The average Bonchev–Trinajstić information content (AvgIpc) is 3.65. The van der Waals surface area contributed by atoms with Crippen LogP contribution in [0.2, 0.25) is 0 Å². The summed E-state index contributed by atoms with van der Waals surface area (Å²) in [7, 11) is 0. The molecule has 3 rings (SSSR count). The zero-order valence-corrected chi connectivity index (χ0v) is 31.2. The maximum absolute atomic E-state index is 12.5. The second kappa shape index (κ2) is 24.7. The van der Waals surface area contributed by atoms with Crippen molar-refractivity contribution in [3.05, 3.63) is 86.2 Å². The van der Waals surface area contributed by atoms with Gasteiger partial charge in [0.2, 0.25) is 0 Å². The molecule has 0 saturated heterocycles. The SMILES string of the molecule is CC(C)(C)OC(=O)Cn1ccnc1CN(CCc1ccc(SOON)cc1)Cc1nccn1CC(=O)OC(C)(C)C.[C-]#[O+].[C-]#[O+].[C-]#[O+].[Re]. The van der Waals surface area contributed by atoms with Gasteiger partial charge in [-0.15, -0.1) is 9.32 Å². The first-order valence-electron chi connectivity index (χ1n) is 13.9. The monoisotopic (exact) mass is 859 g/mol. The van der Waals surface area contributed by atoms with Crippen LogP contribution >= 0.6 is 12.0 Å². The summed E-state index contributed by atoms with van der Waals surface area (Å²) in [5.41, 5.74) is -0.0404. The van der Waals surface area contributed by atoms with E-state index in [0.29, 0.717) is 31.3 Å². The van der Waals surface area contributed by atoms with E-state index in [1.165, 1.54) is 0 Å². The Kier molecular flexibility index (Phi) is 24.1. The molecule has 0 aliphatic heterocycles. The molecule has 3 aromatic rings. The largest absolute Gasteiger partial charge is 0 e. The van der Waals surface area contributed by atoms with Gasteiger partial charge in [0.15, 0.2) is 0 Å². The number of carbonyl (C=O) groups is 2. The van der Waals surface area contributed by atoms with E-state index in [1.54, 1.807) is 33.9 Å². The van der Waals surface area contributed by atoms with Crippen LogP contribution in [0.25, 0.3) is 0 Å².